The van der Waals surface area contributed by atoms with Crippen LogP contribution >= 0.6 is 0 Å². The van der Waals surface area contributed by atoms with Crippen LogP contribution < -0.4 is 15.8 Å². The second-order valence-electron chi connectivity index (χ2n) is 3.54. The van der Waals surface area contributed by atoms with E-state index in [0.29, 0.717) is 19.6 Å². The zero-order valence-corrected chi connectivity index (χ0v) is 9.75. The van der Waals surface area contributed by atoms with Crippen LogP contribution in [0.25, 0.3) is 0 Å². The summed E-state index contributed by atoms with van der Waals surface area (Å²) in [4.78, 5) is 11.0. The SMILES string of the molecule is CNC(=O)CCOc1c(C)cccc1CN. The maximum absolute atomic E-state index is 11.0. The highest BCUT2D eigenvalue weighted by atomic mass is 16.5. The standard InChI is InChI=1S/C12H18N2O2/c1-9-4-3-5-10(8-13)12(9)16-7-6-11(15)14-2/h3-5H,6-8,13H2,1-2H3,(H,14,15). The highest BCUT2D eigenvalue weighted by molar-refractivity contribution is 5.75. The zero-order valence-electron chi connectivity index (χ0n) is 9.75. The molecule has 1 rings (SSSR count). The van der Waals surface area contributed by atoms with Crippen molar-refractivity contribution in [1.82, 2.24) is 5.32 Å². The lowest BCUT2D eigenvalue weighted by Crippen LogP contribution is -2.20. The summed E-state index contributed by atoms with van der Waals surface area (Å²) in [5.41, 5.74) is 7.63. The Balaban J connectivity index is 2.62. The topological polar surface area (TPSA) is 64.3 Å². The van der Waals surface area contributed by atoms with E-state index in [-0.39, 0.29) is 5.91 Å². The third-order valence-electron chi connectivity index (χ3n) is 2.37. The lowest BCUT2D eigenvalue weighted by atomic mass is 10.1. The predicted molar refractivity (Wildman–Crippen MR) is 63.2 cm³/mol. The summed E-state index contributed by atoms with van der Waals surface area (Å²) in [5.74, 6) is 0.775. The molecule has 0 radical (unpaired) electrons. The van der Waals surface area contributed by atoms with Gasteiger partial charge in [-0.25, -0.2) is 0 Å². The van der Waals surface area contributed by atoms with Crippen LogP contribution in [0.3, 0.4) is 0 Å². The molecule has 16 heavy (non-hydrogen) atoms. The van der Waals surface area contributed by atoms with Crippen molar-refractivity contribution in [2.75, 3.05) is 13.7 Å². The van der Waals surface area contributed by atoms with Crippen molar-refractivity contribution in [3.8, 4) is 5.75 Å². The Hall–Kier alpha value is -1.55. The number of carbonyl (C=O) groups is 1. The Morgan fingerprint density at radius 2 is 2.25 bits per heavy atom. The number of benzene rings is 1. The van der Waals surface area contributed by atoms with Crippen LogP contribution in [0.5, 0.6) is 5.75 Å². The molecule has 0 fully saturated rings. The number of hydrogen-bond donors (Lipinski definition) is 2. The maximum Gasteiger partial charge on any atom is 0.223 e. The fourth-order valence-electron chi connectivity index (χ4n) is 1.45. The quantitative estimate of drug-likeness (QED) is 0.780. The van der Waals surface area contributed by atoms with Gasteiger partial charge >= 0.3 is 0 Å². The van der Waals surface area contributed by atoms with Crippen LogP contribution in [0.4, 0.5) is 0 Å². The zero-order chi connectivity index (χ0) is 12.0. The molecule has 0 spiro atoms. The van der Waals surface area contributed by atoms with Crippen molar-refractivity contribution in [2.24, 2.45) is 5.73 Å². The number of para-hydroxylation sites is 1. The van der Waals surface area contributed by atoms with Crippen LogP contribution in [0, 0.1) is 6.92 Å². The number of ether oxygens (including phenoxy) is 1. The van der Waals surface area contributed by atoms with E-state index in [4.69, 9.17) is 10.5 Å². The van der Waals surface area contributed by atoms with Gasteiger partial charge in [-0.2, -0.15) is 0 Å². The van der Waals surface area contributed by atoms with Crippen molar-refractivity contribution < 1.29 is 9.53 Å². The first-order chi connectivity index (χ1) is 7.69. The summed E-state index contributed by atoms with van der Waals surface area (Å²) in [5, 5.41) is 2.55. The second-order valence-corrected chi connectivity index (χ2v) is 3.54. The number of hydrogen-bond acceptors (Lipinski definition) is 3. The molecule has 0 atom stereocenters. The summed E-state index contributed by atoms with van der Waals surface area (Å²) in [6.07, 6.45) is 0.356. The van der Waals surface area contributed by atoms with E-state index < -0.39 is 0 Å². The Labute approximate surface area is 95.8 Å². The third-order valence-corrected chi connectivity index (χ3v) is 2.37. The normalized spacial score (nSPS) is 9.94. The van der Waals surface area contributed by atoms with Crippen LogP contribution in [0.2, 0.25) is 0 Å². The number of rotatable bonds is 5. The van der Waals surface area contributed by atoms with Gasteiger partial charge < -0.3 is 15.8 Å². The highest BCUT2D eigenvalue weighted by Gasteiger charge is 2.06. The highest BCUT2D eigenvalue weighted by Crippen LogP contribution is 2.22. The van der Waals surface area contributed by atoms with Crippen LogP contribution in [0.15, 0.2) is 18.2 Å². The van der Waals surface area contributed by atoms with Gasteiger partial charge in [-0.05, 0) is 12.5 Å². The van der Waals surface area contributed by atoms with E-state index in [1.165, 1.54) is 0 Å². The van der Waals surface area contributed by atoms with Crippen molar-refractivity contribution in [2.45, 2.75) is 19.9 Å². The fraction of sp³-hybridized carbons (Fsp3) is 0.417. The molecular formula is C12H18N2O2. The maximum atomic E-state index is 11.0. The van der Waals surface area contributed by atoms with Gasteiger partial charge in [-0.1, -0.05) is 18.2 Å². The molecule has 88 valence electrons. The molecule has 0 aromatic heterocycles. The molecule has 0 bridgehead atoms. The predicted octanol–water partition coefficient (Wildman–Crippen LogP) is 0.969. The molecule has 0 aliphatic rings. The van der Waals surface area contributed by atoms with Crippen molar-refractivity contribution in [3.63, 3.8) is 0 Å². The van der Waals surface area contributed by atoms with Crippen molar-refractivity contribution in [3.05, 3.63) is 29.3 Å². The minimum Gasteiger partial charge on any atom is -0.492 e. The van der Waals surface area contributed by atoms with Crippen molar-refractivity contribution >= 4 is 5.91 Å². The van der Waals surface area contributed by atoms with Gasteiger partial charge in [-0.15, -0.1) is 0 Å². The van der Waals surface area contributed by atoms with Gasteiger partial charge in [0.2, 0.25) is 5.91 Å². The molecule has 3 N–H and O–H groups in total. The van der Waals surface area contributed by atoms with Gasteiger partial charge in [0.1, 0.15) is 5.75 Å². The lowest BCUT2D eigenvalue weighted by Gasteiger charge is -2.12. The minimum absolute atomic E-state index is 0.0251. The molecule has 1 aromatic carbocycles. The minimum atomic E-state index is -0.0251. The van der Waals surface area contributed by atoms with Crippen molar-refractivity contribution in [1.29, 1.82) is 0 Å². The van der Waals surface area contributed by atoms with Gasteiger partial charge in [-0.3, -0.25) is 4.79 Å². The first-order valence-electron chi connectivity index (χ1n) is 5.31. The molecule has 1 aromatic rings. The Morgan fingerprint density at radius 3 is 2.88 bits per heavy atom. The van der Waals surface area contributed by atoms with Crippen LogP contribution in [0.1, 0.15) is 17.5 Å². The van der Waals surface area contributed by atoms with E-state index >= 15 is 0 Å². The van der Waals surface area contributed by atoms with Gasteiger partial charge in [0.15, 0.2) is 0 Å². The fourth-order valence-corrected chi connectivity index (χ4v) is 1.45. The van der Waals surface area contributed by atoms with Crippen LogP contribution in [-0.4, -0.2) is 19.6 Å². The molecule has 0 saturated heterocycles. The summed E-state index contributed by atoms with van der Waals surface area (Å²) in [7, 11) is 1.61. The van der Waals surface area contributed by atoms with E-state index in [0.717, 1.165) is 16.9 Å². The Bertz CT molecular complexity index is 364. The molecule has 4 nitrogen and oxygen atoms in total. The monoisotopic (exact) mass is 222 g/mol. The molecule has 0 aliphatic carbocycles. The van der Waals surface area contributed by atoms with Gasteiger partial charge in [0.05, 0.1) is 13.0 Å². The Kier molecular flexibility index (Phi) is 4.79. The number of aryl methyl sites for hydroxylation is 1. The van der Waals surface area contributed by atoms with Gasteiger partial charge in [0, 0.05) is 19.2 Å². The number of carbonyl (C=O) groups excluding carboxylic acids is 1. The summed E-state index contributed by atoms with van der Waals surface area (Å²) in [6.45, 7) is 2.78. The van der Waals surface area contributed by atoms with E-state index in [1.807, 2.05) is 25.1 Å². The molecule has 1 amide bonds. The largest absolute Gasteiger partial charge is 0.492 e. The van der Waals surface area contributed by atoms with Crippen LogP contribution in [-0.2, 0) is 11.3 Å². The average molecular weight is 222 g/mol. The summed E-state index contributed by atoms with van der Waals surface area (Å²) in [6, 6.07) is 5.85. The third kappa shape index (κ3) is 3.24. The summed E-state index contributed by atoms with van der Waals surface area (Å²) >= 11 is 0. The van der Waals surface area contributed by atoms with Gasteiger partial charge in [0.25, 0.3) is 0 Å². The smallest absolute Gasteiger partial charge is 0.223 e. The lowest BCUT2D eigenvalue weighted by molar-refractivity contribution is -0.121. The molecule has 0 heterocycles. The molecule has 0 saturated carbocycles. The molecule has 0 aliphatic heterocycles. The number of nitrogens with two attached hydrogens (primary N) is 1. The molecule has 4 heteroatoms. The average Bonchev–Trinajstić information content (AvgIpc) is 2.30. The number of amides is 1. The summed E-state index contributed by atoms with van der Waals surface area (Å²) < 4.78 is 5.59. The second kappa shape index (κ2) is 6.12. The molecular weight excluding hydrogens is 204 g/mol. The van der Waals surface area contributed by atoms with E-state index in [2.05, 4.69) is 5.32 Å². The molecule has 0 unspecified atom stereocenters. The Morgan fingerprint density at radius 1 is 1.50 bits per heavy atom. The van der Waals surface area contributed by atoms with E-state index in [1.54, 1.807) is 7.05 Å². The first-order valence-corrected chi connectivity index (χ1v) is 5.31. The van der Waals surface area contributed by atoms with E-state index in [9.17, 15) is 4.79 Å². The first kappa shape index (κ1) is 12.5. The number of nitrogens with one attached hydrogen (secondary N) is 1.